The fraction of sp³-hybridized carbons (Fsp3) is 0.357. The summed E-state index contributed by atoms with van der Waals surface area (Å²) in [6.45, 7) is 1.24. The topological polar surface area (TPSA) is 51.0 Å². The first-order valence-corrected chi connectivity index (χ1v) is 7.94. The van der Waals surface area contributed by atoms with E-state index in [0.29, 0.717) is 24.5 Å². The number of aromatic nitrogens is 3. The third kappa shape index (κ3) is 3.11. The summed E-state index contributed by atoms with van der Waals surface area (Å²) in [7, 11) is 0. The van der Waals surface area contributed by atoms with Crippen molar-refractivity contribution >= 4 is 39.1 Å². The summed E-state index contributed by atoms with van der Waals surface area (Å²) in [4.78, 5) is 14.3. The van der Waals surface area contributed by atoms with E-state index in [1.54, 1.807) is 22.0 Å². The van der Waals surface area contributed by atoms with E-state index in [1.807, 2.05) is 12.1 Å². The molecule has 0 radical (unpaired) electrons. The Morgan fingerprint density at radius 3 is 3.05 bits per heavy atom. The minimum absolute atomic E-state index is 0.0654. The van der Waals surface area contributed by atoms with Gasteiger partial charge in [-0.15, -0.1) is 5.10 Å². The monoisotopic (exact) mass is 368 g/mol. The van der Waals surface area contributed by atoms with Crippen LogP contribution >= 0.6 is 27.5 Å². The van der Waals surface area contributed by atoms with Crippen molar-refractivity contribution in [3.05, 3.63) is 39.6 Å². The van der Waals surface area contributed by atoms with Gasteiger partial charge in [-0.2, -0.15) is 0 Å². The predicted molar refractivity (Wildman–Crippen MR) is 84.5 cm³/mol. The molecule has 0 spiro atoms. The van der Waals surface area contributed by atoms with E-state index in [-0.39, 0.29) is 5.91 Å². The van der Waals surface area contributed by atoms with E-state index in [9.17, 15) is 4.79 Å². The molecule has 2 heterocycles. The van der Waals surface area contributed by atoms with Crippen LogP contribution in [0.25, 0.3) is 0 Å². The van der Waals surface area contributed by atoms with Crippen LogP contribution in [-0.4, -0.2) is 27.4 Å². The van der Waals surface area contributed by atoms with Crippen LogP contribution in [0.4, 0.5) is 5.69 Å². The van der Waals surface area contributed by atoms with Crippen molar-refractivity contribution in [1.29, 1.82) is 0 Å². The van der Waals surface area contributed by atoms with Crippen LogP contribution in [0.5, 0.6) is 0 Å². The molecule has 0 fully saturated rings. The highest BCUT2D eigenvalue weighted by molar-refractivity contribution is 9.10. The van der Waals surface area contributed by atoms with Gasteiger partial charge in [-0.25, -0.2) is 0 Å². The lowest BCUT2D eigenvalue weighted by Crippen LogP contribution is -2.36. The van der Waals surface area contributed by atoms with E-state index >= 15 is 0 Å². The number of anilines is 1. The van der Waals surface area contributed by atoms with E-state index in [1.165, 1.54) is 0 Å². The van der Waals surface area contributed by atoms with Gasteiger partial charge in [0.05, 0.1) is 23.5 Å². The molecule has 0 N–H and O–H groups in total. The normalized spacial score (nSPS) is 14.1. The first kappa shape index (κ1) is 14.5. The molecule has 3 rings (SSSR count). The highest BCUT2D eigenvalue weighted by atomic mass is 79.9. The van der Waals surface area contributed by atoms with Gasteiger partial charge in [0, 0.05) is 23.6 Å². The molecule has 110 valence electrons. The van der Waals surface area contributed by atoms with Crippen molar-refractivity contribution in [1.82, 2.24) is 15.0 Å². The zero-order valence-corrected chi connectivity index (χ0v) is 13.6. The number of halogens is 2. The van der Waals surface area contributed by atoms with Crippen LogP contribution in [0.3, 0.4) is 0 Å². The van der Waals surface area contributed by atoms with Gasteiger partial charge < -0.3 is 4.90 Å². The summed E-state index contributed by atoms with van der Waals surface area (Å²) in [5.74, 6) is 0.0654. The molecule has 1 aromatic carbocycles. The fourth-order valence-corrected chi connectivity index (χ4v) is 3.58. The molecule has 0 unspecified atom stereocenters. The third-order valence-corrected chi connectivity index (χ3v) is 4.28. The van der Waals surface area contributed by atoms with Gasteiger partial charge in [0.15, 0.2) is 0 Å². The molecule has 1 aromatic heterocycles. The average molecular weight is 370 g/mol. The fourth-order valence-electron chi connectivity index (χ4n) is 2.60. The zero-order chi connectivity index (χ0) is 14.8. The van der Waals surface area contributed by atoms with Crippen molar-refractivity contribution in [2.75, 3.05) is 11.4 Å². The smallest absolute Gasteiger partial charge is 0.228 e. The molecule has 0 saturated carbocycles. The SMILES string of the molecule is O=C(CCn1ccnn1)N1CCCc2cc(Br)cc(Cl)c21. The minimum Gasteiger partial charge on any atom is -0.311 e. The summed E-state index contributed by atoms with van der Waals surface area (Å²) in [6, 6.07) is 3.88. The second kappa shape index (κ2) is 6.15. The van der Waals surface area contributed by atoms with Crippen LogP contribution in [0.15, 0.2) is 29.0 Å². The van der Waals surface area contributed by atoms with Crippen molar-refractivity contribution in [2.24, 2.45) is 0 Å². The number of fused-ring (bicyclic) bond motifs is 1. The number of hydrogen-bond acceptors (Lipinski definition) is 3. The van der Waals surface area contributed by atoms with Gasteiger partial charge in [0.1, 0.15) is 0 Å². The van der Waals surface area contributed by atoms with E-state index in [0.717, 1.165) is 28.6 Å². The maximum atomic E-state index is 12.5. The summed E-state index contributed by atoms with van der Waals surface area (Å²) in [6.07, 6.45) is 5.64. The first-order valence-electron chi connectivity index (χ1n) is 6.77. The van der Waals surface area contributed by atoms with Gasteiger partial charge in [-0.1, -0.05) is 32.7 Å². The van der Waals surface area contributed by atoms with Gasteiger partial charge in [-0.3, -0.25) is 9.48 Å². The standard InChI is InChI=1S/C14H14BrClN4O/c15-11-8-10-2-1-5-20(14(10)12(16)9-11)13(21)3-6-19-7-4-17-18-19/h4,7-9H,1-3,5-6H2. The molecule has 0 atom stereocenters. The number of amides is 1. The second-order valence-electron chi connectivity index (χ2n) is 4.96. The number of hydrogen-bond donors (Lipinski definition) is 0. The molecule has 7 heteroatoms. The zero-order valence-electron chi connectivity index (χ0n) is 11.3. The molecule has 0 saturated heterocycles. The van der Waals surface area contributed by atoms with E-state index < -0.39 is 0 Å². The third-order valence-electron chi connectivity index (χ3n) is 3.53. The Kier molecular flexibility index (Phi) is 4.26. The van der Waals surface area contributed by atoms with E-state index in [2.05, 4.69) is 26.2 Å². The van der Waals surface area contributed by atoms with E-state index in [4.69, 9.17) is 11.6 Å². The van der Waals surface area contributed by atoms with Crippen molar-refractivity contribution < 1.29 is 4.79 Å². The Morgan fingerprint density at radius 2 is 2.29 bits per heavy atom. The number of rotatable bonds is 3. The Labute approximate surface area is 136 Å². The molecular formula is C14H14BrClN4O. The summed E-state index contributed by atoms with van der Waals surface area (Å²) in [5, 5.41) is 8.22. The maximum absolute atomic E-state index is 12.5. The van der Waals surface area contributed by atoms with Crippen LogP contribution in [0.1, 0.15) is 18.4 Å². The maximum Gasteiger partial charge on any atom is 0.228 e. The lowest BCUT2D eigenvalue weighted by Gasteiger charge is -2.30. The summed E-state index contributed by atoms with van der Waals surface area (Å²) in [5.41, 5.74) is 1.98. The number of carbonyl (C=O) groups excluding carboxylic acids is 1. The summed E-state index contributed by atoms with van der Waals surface area (Å²) >= 11 is 9.78. The van der Waals surface area contributed by atoms with Gasteiger partial charge >= 0.3 is 0 Å². The molecule has 2 aromatic rings. The number of carbonyl (C=O) groups is 1. The summed E-state index contributed by atoms with van der Waals surface area (Å²) < 4.78 is 2.61. The molecule has 1 aliphatic heterocycles. The predicted octanol–water partition coefficient (Wildman–Crippen LogP) is 3.06. The van der Waals surface area contributed by atoms with Gasteiger partial charge in [-0.05, 0) is 30.5 Å². The molecule has 0 aliphatic carbocycles. The molecule has 0 bridgehead atoms. The number of aryl methyl sites for hydroxylation is 2. The molecule has 1 aliphatic rings. The quantitative estimate of drug-likeness (QED) is 0.835. The van der Waals surface area contributed by atoms with Crippen molar-refractivity contribution in [3.8, 4) is 0 Å². The Balaban J connectivity index is 1.79. The molecule has 1 amide bonds. The highest BCUT2D eigenvalue weighted by Crippen LogP contribution is 2.37. The first-order chi connectivity index (χ1) is 10.1. The van der Waals surface area contributed by atoms with Crippen LogP contribution < -0.4 is 4.90 Å². The Bertz CT molecular complexity index is 659. The van der Waals surface area contributed by atoms with Crippen molar-refractivity contribution in [2.45, 2.75) is 25.8 Å². The average Bonchev–Trinajstić information content (AvgIpc) is 2.97. The highest BCUT2D eigenvalue weighted by Gasteiger charge is 2.25. The number of benzene rings is 1. The second-order valence-corrected chi connectivity index (χ2v) is 6.28. The minimum atomic E-state index is 0.0654. The lowest BCUT2D eigenvalue weighted by atomic mass is 10.0. The van der Waals surface area contributed by atoms with Gasteiger partial charge in [0.2, 0.25) is 5.91 Å². The lowest BCUT2D eigenvalue weighted by molar-refractivity contribution is -0.119. The largest absolute Gasteiger partial charge is 0.311 e. The van der Waals surface area contributed by atoms with Crippen LogP contribution in [0.2, 0.25) is 5.02 Å². The van der Waals surface area contributed by atoms with Gasteiger partial charge in [0.25, 0.3) is 0 Å². The molecule has 21 heavy (non-hydrogen) atoms. The Morgan fingerprint density at radius 1 is 1.43 bits per heavy atom. The molecule has 5 nitrogen and oxygen atoms in total. The number of nitrogens with zero attached hydrogens (tertiary/aromatic N) is 4. The van der Waals surface area contributed by atoms with Crippen LogP contribution in [0, 0.1) is 0 Å². The van der Waals surface area contributed by atoms with Crippen molar-refractivity contribution in [3.63, 3.8) is 0 Å². The molecular weight excluding hydrogens is 356 g/mol. The van der Waals surface area contributed by atoms with Crippen LogP contribution in [-0.2, 0) is 17.8 Å². The Hall–Kier alpha value is -1.40.